The highest BCUT2D eigenvalue weighted by Crippen LogP contribution is 2.27. The van der Waals surface area contributed by atoms with E-state index in [1.54, 1.807) is 0 Å². The first-order valence-electron chi connectivity index (χ1n) is 4.47. The van der Waals surface area contributed by atoms with Crippen LogP contribution in [0.3, 0.4) is 0 Å². The molecule has 0 aromatic heterocycles. The molecule has 1 aromatic carbocycles. The molecule has 70 valence electrons. The summed E-state index contributed by atoms with van der Waals surface area (Å²) < 4.78 is 0. The Morgan fingerprint density at radius 2 is 2.08 bits per heavy atom. The van der Waals surface area contributed by atoms with Gasteiger partial charge in [-0.25, -0.2) is 0 Å². The zero-order valence-electron chi connectivity index (χ0n) is 7.29. The van der Waals surface area contributed by atoms with E-state index in [4.69, 9.17) is 11.6 Å². The molecule has 0 amide bonds. The summed E-state index contributed by atoms with van der Waals surface area (Å²) in [6.45, 7) is 2.29. The third-order valence-electron chi connectivity index (χ3n) is 2.13. The lowest BCUT2D eigenvalue weighted by atomic mass is 10.4. The highest BCUT2D eigenvalue weighted by Gasteiger charge is 2.14. The van der Waals surface area contributed by atoms with E-state index in [0.717, 1.165) is 23.4 Å². The van der Waals surface area contributed by atoms with Crippen molar-refractivity contribution in [2.24, 2.45) is 0 Å². The van der Waals surface area contributed by atoms with Gasteiger partial charge >= 0.3 is 0 Å². The van der Waals surface area contributed by atoms with Crippen LogP contribution < -0.4 is 5.32 Å². The maximum absolute atomic E-state index is 5.81. The van der Waals surface area contributed by atoms with Crippen LogP contribution in [0.5, 0.6) is 0 Å². The van der Waals surface area contributed by atoms with Crippen LogP contribution in [-0.2, 0) is 0 Å². The predicted octanol–water partition coefficient (Wildman–Crippen LogP) is 2.79. The molecule has 1 aliphatic heterocycles. The topological polar surface area (TPSA) is 12.0 Å². The summed E-state index contributed by atoms with van der Waals surface area (Å²) in [6.07, 6.45) is 1.27. The minimum atomic E-state index is 0.737. The number of thioether (sulfide) groups is 1. The Hall–Kier alpha value is -0.180. The Balaban J connectivity index is 1.97. The summed E-state index contributed by atoms with van der Waals surface area (Å²) >= 11 is 7.75. The number of hydrogen-bond acceptors (Lipinski definition) is 2. The summed E-state index contributed by atoms with van der Waals surface area (Å²) in [5.41, 5.74) is 0. The molecule has 13 heavy (non-hydrogen) atoms. The minimum absolute atomic E-state index is 0.737. The lowest BCUT2D eigenvalue weighted by Gasteiger charge is -2.07. The molecule has 1 nitrogen and oxygen atoms in total. The summed E-state index contributed by atoms with van der Waals surface area (Å²) in [7, 11) is 0. The van der Waals surface area contributed by atoms with Crippen LogP contribution in [0.2, 0.25) is 5.02 Å². The van der Waals surface area contributed by atoms with Crippen molar-refractivity contribution in [3.8, 4) is 0 Å². The van der Waals surface area contributed by atoms with Crippen molar-refractivity contribution < 1.29 is 0 Å². The molecule has 1 atom stereocenters. The quantitative estimate of drug-likeness (QED) is 0.811. The van der Waals surface area contributed by atoms with E-state index in [0.29, 0.717) is 0 Å². The van der Waals surface area contributed by atoms with Crippen molar-refractivity contribution in [3.05, 3.63) is 29.3 Å². The molecule has 1 saturated heterocycles. The predicted molar refractivity (Wildman–Crippen MR) is 58.6 cm³/mol. The van der Waals surface area contributed by atoms with Crippen LogP contribution in [0, 0.1) is 0 Å². The van der Waals surface area contributed by atoms with Crippen molar-refractivity contribution >= 4 is 23.4 Å². The second-order valence-electron chi connectivity index (χ2n) is 3.19. The van der Waals surface area contributed by atoms with Gasteiger partial charge in [0.1, 0.15) is 0 Å². The van der Waals surface area contributed by atoms with E-state index in [-0.39, 0.29) is 0 Å². The average molecular weight is 214 g/mol. The van der Waals surface area contributed by atoms with Crippen LogP contribution in [0.25, 0.3) is 0 Å². The zero-order valence-corrected chi connectivity index (χ0v) is 8.87. The summed E-state index contributed by atoms with van der Waals surface area (Å²) in [5, 5.41) is 4.91. The van der Waals surface area contributed by atoms with Gasteiger partial charge in [0.25, 0.3) is 0 Å². The van der Waals surface area contributed by atoms with Gasteiger partial charge in [0.2, 0.25) is 0 Å². The molecule has 0 aliphatic carbocycles. The molecule has 0 spiro atoms. The van der Waals surface area contributed by atoms with Crippen LogP contribution >= 0.6 is 23.4 Å². The third-order valence-corrected chi connectivity index (χ3v) is 3.66. The number of nitrogens with one attached hydrogen (secondary N) is 1. The third kappa shape index (κ3) is 2.63. The molecule has 0 bridgehead atoms. The lowest BCUT2D eigenvalue weighted by molar-refractivity contribution is 0.858. The van der Waals surface area contributed by atoms with E-state index < -0.39 is 0 Å². The Kier molecular flexibility index (Phi) is 3.14. The van der Waals surface area contributed by atoms with Gasteiger partial charge in [-0.15, -0.1) is 11.8 Å². The van der Waals surface area contributed by atoms with Crippen molar-refractivity contribution in [2.45, 2.75) is 16.6 Å². The molecule has 0 unspecified atom stereocenters. The Morgan fingerprint density at radius 3 is 2.69 bits per heavy atom. The SMILES string of the molecule is Clc1ccc(S[C@@H]2CCNC2)cc1. The van der Waals surface area contributed by atoms with Gasteiger partial charge in [0.05, 0.1) is 0 Å². The average Bonchev–Trinajstić information content (AvgIpc) is 2.62. The Labute approximate surface area is 87.9 Å². The van der Waals surface area contributed by atoms with E-state index in [9.17, 15) is 0 Å². The molecule has 2 rings (SSSR count). The fourth-order valence-corrected chi connectivity index (χ4v) is 2.68. The highest BCUT2D eigenvalue weighted by molar-refractivity contribution is 8.00. The van der Waals surface area contributed by atoms with Crippen LogP contribution in [-0.4, -0.2) is 18.3 Å². The maximum atomic E-state index is 5.81. The van der Waals surface area contributed by atoms with Gasteiger partial charge in [-0.2, -0.15) is 0 Å². The largest absolute Gasteiger partial charge is 0.316 e. The smallest absolute Gasteiger partial charge is 0.0406 e. The van der Waals surface area contributed by atoms with Gasteiger partial charge in [-0.3, -0.25) is 0 Å². The molecule has 1 N–H and O–H groups in total. The van der Waals surface area contributed by atoms with Crippen molar-refractivity contribution in [1.82, 2.24) is 5.32 Å². The molecule has 3 heteroatoms. The monoisotopic (exact) mass is 213 g/mol. The zero-order chi connectivity index (χ0) is 9.10. The molecule has 1 heterocycles. The highest BCUT2D eigenvalue weighted by atomic mass is 35.5. The van der Waals surface area contributed by atoms with E-state index >= 15 is 0 Å². The maximum Gasteiger partial charge on any atom is 0.0406 e. The fourth-order valence-electron chi connectivity index (χ4n) is 1.43. The second-order valence-corrected chi connectivity index (χ2v) is 5.00. The summed E-state index contributed by atoms with van der Waals surface area (Å²) in [4.78, 5) is 1.32. The van der Waals surface area contributed by atoms with Gasteiger partial charge in [0, 0.05) is 21.7 Å². The molecular formula is C10H12ClNS. The summed E-state index contributed by atoms with van der Waals surface area (Å²) in [5.74, 6) is 0. The number of hydrogen-bond donors (Lipinski definition) is 1. The second kappa shape index (κ2) is 4.36. The van der Waals surface area contributed by atoms with Crippen molar-refractivity contribution in [1.29, 1.82) is 0 Å². The van der Waals surface area contributed by atoms with E-state index in [1.807, 2.05) is 23.9 Å². The van der Waals surface area contributed by atoms with Crippen LogP contribution in [0.4, 0.5) is 0 Å². The first-order valence-corrected chi connectivity index (χ1v) is 5.73. The lowest BCUT2D eigenvalue weighted by Crippen LogP contribution is -2.09. The van der Waals surface area contributed by atoms with Gasteiger partial charge in [0.15, 0.2) is 0 Å². The van der Waals surface area contributed by atoms with Crippen molar-refractivity contribution in [3.63, 3.8) is 0 Å². The molecule has 1 aromatic rings. The summed E-state index contributed by atoms with van der Waals surface area (Å²) in [6, 6.07) is 8.08. The Morgan fingerprint density at radius 1 is 1.31 bits per heavy atom. The molecule has 1 aliphatic rings. The van der Waals surface area contributed by atoms with Gasteiger partial charge < -0.3 is 5.32 Å². The molecular weight excluding hydrogens is 202 g/mol. The number of benzene rings is 1. The molecule has 0 radical (unpaired) electrons. The first-order chi connectivity index (χ1) is 6.34. The standard InChI is InChI=1S/C10H12ClNS/c11-8-1-3-9(4-2-8)13-10-5-6-12-7-10/h1-4,10,12H,5-7H2/t10-/m1/s1. The van der Waals surface area contributed by atoms with E-state index in [1.165, 1.54) is 11.3 Å². The van der Waals surface area contributed by atoms with Gasteiger partial charge in [-0.1, -0.05) is 11.6 Å². The molecule has 0 saturated carbocycles. The fraction of sp³-hybridized carbons (Fsp3) is 0.400. The molecule has 1 fully saturated rings. The normalized spacial score (nSPS) is 22.1. The number of rotatable bonds is 2. The van der Waals surface area contributed by atoms with Crippen LogP contribution in [0.1, 0.15) is 6.42 Å². The first kappa shape index (κ1) is 9.38. The van der Waals surface area contributed by atoms with E-state index in [2.05, 4.69) is 17.4 Å². The minimum Gasteiger partial charge on any atom is -0.316 e. The Bertz CT molecular complexity index is 267. The number of halogens is 1. The van der Waals surface area contributed by atoms with Gasteiger partial charge in [-0.05, 0) is 37.2 Å². The van der Waals surface area contributed by atoms with Crippen LogP contribution in [0.15, 0.2) is 29.2 Å². The van der Waals surface area contributed by atoms with Crippen molar-refractivity contribution in [2.75, 3.05) is 13.1 Å².